The molecular formula is C10H15BrN4O2. The molecule has 1 amide bonds. The number of oxime groups is 1. The fourth-order valence-corrected chi connectivity index (χ4v) is 1.41. The highest BCUT2D eigenvalue weighted by Gasteiger charge is 2.11. The summed E-state index contributed by atoms with van der Waals surface area (Å²) >= 11 is 3.29. The van der Waals surface area contributed by atoms with Gasteiger partial charge in [-0.2, -0.15) is 9.78 Å². The van der Waals surface area contributed by atoms with E-state index in [-0.39, 0.29) is 12.1 Å². The van der Waals surface area contributed by atoms with E-state index < -0.39 is 0 Å². The monoisotopic (exact) mass is 302 g/mol. The van der Waals surface area contributed by atoms with Crippen molar-refractivity contribution in [2.45, 2.75) is 26.8 Å². The van der Waals surface area contributed by atoms with E-state index >= 15 is 0 Å². The second-order valence-electron chi connectivity index (χ2n) is 3.56. The van der Waals surface area contributed by atoms with Gasteiger partial charge in [0.05, 0.1) is 16.9 Å². The molecule has 0 aliphatic carbocycles. The van der Waals surface area contributed by atoms with Gasteiger partial charge in [0.1, 0.15) is 12.3 Å². The standard InChI is InChI=1S/C10H15BrN4O2/c1-4-17-12-5-9-8(11)6-15(14-9)10(16)13-7(2)3/h5-7H,4H2,1-3H3,(H,13,16)/b12-5+. The number of rotatable bonds is 4. The SMILES string of the molecule is CCO/N=C/c1nn(C(=O)NC(C)C)cc1Br. The fraction of sp³-hybridized carbons (Fsp3) is 0.500. The lowest BCUT2D eigenvalue weighted by atomic mass is 10.4. The van der Waals surface area contributed by atoms with Crippen LogP contribution in [0.15, 0.2) is 15.8 Å². The van der Waals surface area contributed by atoms with Gasteiger partial charge in [-0.3, -0.25) is 0 Å². The molecule has 0 spiro atoms. The Bertz CT molecular complexity index is 414. The van der Waals surface area contributed by atoms with E-state index in [1.165, 1.54) is 10.9 Å². The summed E-state index contributed by atoms with van der Waals surface area (Å²) in [6.45, 7) is 6.09. The van der Waals surface area contributed by atoms with Crippen molar-refractivity contribution in [1.29, 1.82) is 0 Å². The van der Waals surface area contributed by atoms with E-state index in [2.05, 4.69) is 31.5 Å². The van der Waals surface area contributed by atoms with Gasteiger partial charge in [-0.05, 0) is 36.7 Å². The van der Waals surface area contributed by atoms with Crippen molar-refractivity contribution >= 4 is 28.2 Å². The number of hydrogen-bond donors (Lipinski definition) is 1. The van der Waals surface area contributed by atoms with Gasteiger partial charge in [0.25, 0.3) is 0 Å². The molecule has 0 radical (unpaired) electrons. The van der Waals surface area contributed by atoms with Crippen LogP contribution in [0.2, 0.25) is 0 Å². The maximum absolute atomic E-state index is 11.6. The molecule has 1 heterocycles. The van der Waals surface area contributed by atoms with Gasteiger partial charge in [-0.15, -0.1) is 0 Å². The highest BCUT2D eigenvalue weighted by Crippen LogP contribution is 2.12. The first-order valence-electron chi connectivity index (χ1n) is 5.26. The van der Waals surface area contributed by atoms with E-state index in [1.807, 2.05) is 20.8 Å². The second-order valence-corrected chi connectivity index (χ2v) is 4.42. The first kappa shape index (κ1) is 13.7. The maximum Gasteiger partial charge on any atom is 0.342 e. The summed E-state index contributed by atoms with van der Waals surface area (Å²) < 4.78 is 1.90. The fourth-order valence-electron chi connectivity index (χ4n) is 1.03. The molecule has 0 saturated heterocycles. The molecule has 0 unspecified atom stereocenters. The Hall–Kier alpha value is -1.37. The molecule has 0 saturated carbocycles. The predicted octanol–water partition coefficient (Wildman–Crippen LogP) is 1.98. The van der Waals surface area contributed by atoms with Gasteiger partial charge in [0.15, 0.2) is 0 Å². The van der Waals surface area contributed by atoms with Gasteiger partial charge in [-0.25, -0.2) is 4.79 Å². The van der Waals surface area contributed by atoms with Gasteiger partial charge < -0.3 is 10.2 Å². The first-order valence-corrected chi connectivity index (χ1v) is 6.05. The second kappa shape index (κ2) is 6.39. The van der Waals surface area contributed by atoms with Crippen LogP contribution in [-0.2, 0) is 4.84 Å². The van der Waals surface area contributed by atoms with Crippen molar-refractivity contribution < 1.29 is 9.63 Å². The Balaban J connectivity index is 2.77. The largest absolute Gasteiger partial charge is 0.396 e. The maximum atomic E-state index is 11.6. The van der Waals surface area contributed by atoms with E-state index in [0.29, 0.717) is 16.8 Å². The predicted molar refractivity (Wildman–Crippen MR) is 68.2 cm³/mol. The Labute approximate surface area is 108 Å². The van der Waals surface area contributed by atoms with Gasteiger partial charge in [0, 0.05) is 6.04 Å². The smallest absolute Gasteiger partial charge is 0.342 e. The number of halogens is 1. The van der Waals surface area contributed by atoms with E-state index in [4.69, 9.17) is 4.84 Å². The molecule has 17 heavy (non-hydrogen) atoms. The lowest BCUT2D eigenvalue weighted by molar-refractivity contribution is 0.160. The molecule has 0 aliphatic heterocycles. The van der Waals surface area contributed by atoms with Crippen molar-refractivity contribution in [3.63, 3.8) is 0 Å². The van der Waals surface area contributed by atoms with E-state index in [9.17, 15) is 4.79 Å². The number of nitrogens with zero attached hydrogens (tertiary/aromatic N) is 3. The number of amides is 1. The molecule has 6 nitrogen and oxygen atoms in total. The zero-order valence-electron chi connectivity index (χ0n) is 9.98. The molecular weight excluding hydrogens is 288 g/mol. The van der Waals surface area contributed by atoms with Crippen LogP contribution in [0, 0.1) is 0 Å². The number of aromatic nitrogens is 2. The summed E-state index contributed by atoms with van der Waals surface area (Å²) in [5, 5.41) is 10.5. The molecule has 0 aliphatic rings. The minimum atomic E-state index is -0.281. The average Bonchev–Trinajstić information content (AvgIpc) is 2.60. The van der Waals surface area contributed by atoms with Crippen LogP contribution in [0.3, 0.4) is 0 Å². The number of nitrogens with one attached hydrogen (secondary N) is 1. The van der Waals surface area contributed by atoms with Crippen molar-refractivity contribution in [2.75, 3.05) is 6.61 Å². The molecule has 0 fully saturated rings. The quantitative estimate of drug-likeness (QED) is 0.683. The summed E-state index contributed by atoms with van der Waals surface area (Å²) in [5.74, 6) is 0. The third-order valence-corrected chi connectivity index (χ3v) is 2.31. The van der Waals surface area contributed by atoms with Crippen molar-refractivity contribution in [1.82, 2.24) is 15.1 Å². The lowest BCUT2D eigenvalue weighted by Gasteiger charge is -2.06. The van der Waals surface area contributed by atoms with Crippen molar-refractivity contribution in [2.24, 2.45) is 5.16 Å². The zero-order chi connectivity index (χ0) is 12.8. The average molecular weight is 303 g/mol. The van der Waals surface area contributed by atoms with Crippen molar-refractivity contribution in [3.05, 3.63) is 16.4 Å². The lowest BCUT2D eigenvalue weighted by Crippen LogP contribution is -2.34. The molecule has 1 aromatic rings. The Kier molecular flexibility index (Phi) is 5.14. The third kappa shape index (κ3) is 4.18. The van der Waals surface area contributed by atoms with Crippen LogP contribution in [0.4, 0.5) is 4.79 Å². The summed E-state index contributed by atoms with van der Waals surface area (Å²) in [7, 11) is 0. The van der Waals surface area contributed by atoms with Crippen molar-refractivity contribution in [3.8, 4) is 0 Å². The minimum Gasteiger partial charge on any atom is -0.396 e. The summed E-state index contributed by atoms with van der Waals surface area (Å²) in [6, 6.07) is -0.220. The molecule has 1 N–H and O–H groups in total. The number of hydrogen-bond acceptors (Lipinski definition) is 4. The Morgan fingerprint density at radius 2 is 2.47 bits per heavy atom. The van der Waals surface area contributed by atoms with E-state index in [1.54, 1.807) is 6.20 Å². The summed E-state index contributed by atoms with van der Waals surface area (Å²) in [4.78, 5) is 16.5. The molecule has 1 rings (SSSR count). The normalized spacial score (nSPS) is 11.1. The minimum absolute atomic E-state index is 0.0611. The van der Waals surface area contributed by atoms with Crippen LogP contribution >= 0.6 is 15.9 Å². The van der Waals surface area contributed by atoms with Crippen LogP contribution < -0.4 is 5.32 Å². The van der Waals surface area contributed by atoms with Crippen LogP contribution in [0.5, 0.6) is 0 Å². The third-order valence-electron chi connectivity index (χ3n) is 1.69. The summed E-state index contributed by atoms with van der Waals surface area (Å²) in [6.07, 6.45) is 3.03. The van der Waals surface area contributed by atoms with Crippen LogP contribution in [0.1, 0.15) is 26.5 Å². The topological polar surface area (TPSA) is 68.5 Å². The van der Waals surface area contributed by atoms with Gasteiger partial charge in [0.2, 0.25) is 0 Å². The summed E-state index contributed by atoms with van der Waals surface area (Å²) in [5.41, 5.74) is 0.539. The molecule has 94 valence electrons. The zero-order valence-corrected chi connectivity index (χ0v) is 11.6. The Morgan fingerprint density at radius 1 is 1.76 bits per heavy atom. The van der Waals surface area contributed by atoms with E-state index in [0.717, 1.165) is 0 Å². The van der Waals surface area contributed by atoms with Gasteiger partial charge >= 0.3 is 6.03 Å². The molecule has 0 bridgehead atoms. The van der Waals surface area contributed by atoms with Gasteiger partial charge in [-0.1, -0.05) is 5.16 Å². The number of carbonyl (C=O) groups excluding carboxylic acids is 1. The highest BCUT2D eigenvalue weighted by atomic mass is 79.9. The molecule has 7 heteroatoms. The first-order chi connectivity index (χ1) is 8.04. The Morgan fingerprint density at radius 3 is 3.06 bits per heavy atom. The molecule has 0 atom stereocenters. The van der Waals surface area contributed by atoms with Crippen LogP contribution in [0.25, 0.3) is 0 Å². The number of carbonyl (C=O) groups is 1. The highest BCUT2D eigenvalue weighted by molar-refractivity contribution is 9.10. The van der Waals surface area contributed by atoms with Crippen LogP contribution in [-0.4, -0.2) is 34.7 Å². The molecule has 0 aromatic carbocycles. The molecule has 1 aromatic heterocycles.